The summed E-state index contributed by atoms with van der Waals surface area (Å²) >= 11 is 0. The Morgan fingerprint density at radius 2 is 1.88 bits per heavy atom. The highest BCUT2D eigenvalue weighted by Gasteiger charge is 2.57. The molecule has 0 radical (unpaired) electrons. The molecule has 2 amide bonds. The average molecular weight is 486 g/mol. The van der Waals surface area contributed by atoms with E-state index in [0.29, 0.717) is 5.69 Å². The lowest BCUT2D eigenvalue weighted by atomic mass is 9.99. The number of benzene rings is 2. The molecular weight excluding hydrogens is 461 g/mol. The van der Waals surface area contributed by atoms with Crippen LogP contribution in [0.5, 0.6) is 0 Å². The maximum atomic E-state index is 15.6. The van der Waals surface area contributed by atoms with Crippen molar-refractivity contribution in [3.63, 3.8) is 0 Å². The first kappa shape index (κ1) is 22.5. The quantitative estimate of drug-likeness (QED) is 0.613. The van der Waals surface area contributed by atoms with E-state index in [-0.39, 0.29) is 37.6 Å². The van der Waals surface area contributed by atoms with E-state index in [1.54, 1.807) is 53.6 Å². The highest BCUT2D eigenvalue weighted by Crippen LogP contribution is 2.40. The van der Waals surface area contributed by atoms with E-state index >= 15 is 4.39 Å². The Hall–Kier alpha value is -3.28. The van der Waals surface area contributed by atoms with E-state index in [0.717, 1.165) is 9.99 Å². The standard InChI is InChI=1S/C23H24FN5O4S/c24-21-16-27(22(30)26-19-8-4-5-9-20(19)28-13-11-25-17-28)12-10-23(21)29(14-15-33-23)34(31,32)18-6-2-1-3-7-18/h1-9,11,13,17,21H,10,12,14-16H2,(H,26,30). The number of alkyl halides is 1. The molecule has 2 unspecified atom stereocenters. The number of para-hydroxylation sites is 2. The molecule has 34 heavy (non-hydrogen) atoms. The molecule has 3 heterocycles. The SMILES string of the molecule is O=C(Nc1ccccc1-n1ccnc1)N1CCC2(OCCN2S(=O)(=O)c2ccccc2)C(F)C1. The Kier molecular flexibility index (Phi) is 5.84. The number of imidazole rings is 1. The number of nitrogens with one attached hydrogen (secondary N) is 1. The van der Waals surface area contributed by atoms with Crippen LogP contribution in [0.25, 0.3) is 5.69 Å². The van der Waals surface area contributed by atoms with Crippen molar-refractivity contribution >= 4 is 21.7 Å². The average Bonchev–Trinajstić information content (AvgIpc) is 3.53. The van der Waals surface area contributed by atoms with Crippen LogP contribution in [0.2, 0.25) is 0 Å². The summed E-state index contributed by atoms with van der Waals surface area (Å²) in [5.74, 6) is 0. The molecule has 11 heteroatoms. The maximum absolute atomic E-state index is 15.6. The number of rotatable bonds is 4. The topological polar surface area (TPSA) is 96.8 Å². The molecule has 2 aliphatic rings. The third kappa shape index (κ3) is 3.85. The van der Waals surface area contributed by atoms with Gasteiger partial charge in [0.15, 0.2) is 11.9 Å². The summed E-state index contributed by atoms with van der Waals surface area (Å²) in [6, 6.07) is 14.7. The predicted octanol–water partition coefficient (Wildman–Crippen LogP) is 2.87. The highest BCUT2D eigenvalue weighted by molar-refractivity contribution is 7.89. The van der Waals surface area contributed by atoms with Crippen LogP contribution < -0.4 is 5.32 Å². The molecule has 0 aliphatic carbocycles. The van der Waals surface area contributed by atoms with Gasteiger partial charge in [0.05, 0.1) is 35.7 Å². The Balaban J connectivity index is 1.33. The Bertz CT molecular complexity index is 1270. The maximum Gasteiger partial charge on any atom is 0.322 e. The number of piperidine rings is 1. The molecule has 9 nitrogen and oxygen atoms in total. The van der Waals surface area contributed by atoms with Gasteiger partial charge in [-0.05, 0) is 24.3 Å². The van der Waals surface area contributed by atoms with E-state index < -0.39 is 28.0 Å². The van der Waals surface area contributed by atoms with Crippen molar-refractivity contribution in [2.24, 2.45) is 0 Å². The number of carbonyl (C=O) groups is 1. The predicted molar refractivity (Wildman–Crippen MR) is 123 cm³/mol. The summed E-state index contributed by atoms with van der Waals surface area (Å²) in [4.78, 5) is 18.4. The number of aromatic nitrogens is 2. The monoisotopic (exact) mass is 485 g/mol. The van der Waals surface area contributed by atoms with Crippen LogP contribution in [0.1, 0.15) is 6.42 Å². The van der Waals surface area contributed by atoms with Gasteiger partial charge in [0.2, 0.25) is 10.0 Å². The fraction of sp³-hybridized carbons (Fsp3) is 0.304. The van der Waals surface area contributed by atoms with Gasteiger partial charge >= 0.3 is 6.03 Å². The highest BCUT2D eigenvalue weighted by atomic mass is 32.2. The van der Waals surface area contributed by atoms with Crippen LogP contribution in [0.15, 0.2) is 78.2 Å². The van der Waals surface area contributed by atoms with E-state index in [1.165, 1.54) is 17.0 Å². The van der Waals surface area contributed by atoms with Crippen molar-refractivity contribution in [1.82, 2.24) is 18.8 Å². The van der Waals surface area contributed by atoms with Gasteiger partial charge in [-0.1, -0.05) is 30.3 Å². The number of amides is 2. The Morgan fingerprint density at radius 1 is 1.12 bits per heavy atom. The van der Waals surface area contributed by atoms with Crippen molar-refractivity contribution in [2.45, 2.75) is 23.2 Å². The number of likely N-dealkylation sites (tertiary alicyclic amines) is 1. The number of anilines is 1. The third-order valence-electron chi connectivity index (χ3n) is 6.23. The summed E-state index contributed by atoms with van der Waals surface area (Å²) in [6.07, 6.45) is 3.32. The molecule has 1 spiro atoms. The summed E-state index contributed by atoms with van der Waals surface area (Å²) in [7, 11) is -3.96. The van der Waals surface area contributed by atoms with Gasteiger partial charge in [-0.3, -0.25) is 0 Å². The first-order valence-corrected chi connectivity index (χ1v) is 12.3. The fourth-order valence-corrected chi connectivity index (χ4v) is 6.25. The van der Waals surface area contributed by atoms with Gasteiger partial charge in [-0.2, -0.15) is 4.31 Å². The number of sulfonamides is 1. The van der Waals surface area contributed by atoms with Crippen molar-refractivity contribution in [3.05, 3.63) is 73.3 Å². The lowest BCUT2D eigenvalue weighted by Crippen LogP contribution is -2.63. The van der Waals surface area contributed by atoms with Crippen molar-refractivity contribution in [2.75, 3.05) is 31.6 Å². The Labute approximate surface area is 196 Å². The summed E-state index contributed by atoms with van der Waals surface area (Å²) in [5, 5.41) is 2.83. The van der Waals surface area contributed by atoms with E-state index in [4.69, 9.17) is 4.74 Å². The lowest BCUT2D eigenvalue weighted by molar-refractivity contribution is -0.134. The van der Waals surface area contributed by atoms with Crippen LogP contribution >= 0.6 is 0 Å². The van der Waals surface area contributed by atoms with Gasteiger partial charge in [0.1, 0.15) is 0 Å². The minimum Gasteiger partial charge on any atom is -0.355 e. The molecule has 2 saturated heterocycles. The van der Waals surface area contributed by atoms with Gasteiger partial charge in [-0.15, -0.1) is 0 Å². The minimum atomic E-state index is -3.96. The summed E-state index contributed by atoms with van der Waals surface area (Å²) in [6.45, 7) is -0.000717. The van der Waals surface area contributed by atoms with Crippen molar-refractivity contribution in [3.8, 4) is 5.69 Å². The zero-order valence-corrected chi connectivity index (χ0v) is 19.1. The van der Waals surface area contributed by atoms with Gasteiger partial charge in [0, 0.05) is 31.9 Å². The fourth-order valence-electron chi connectivity index (χ4n) is 4.52. The second-order valence-electron chi connectivity index (χ2n) is 8.16. The van der Waals surface area contributed by atoms with Crippen molar-refractivity contribution < 1.29 is 22.3 Å². The van der Waals surface area contributed by atoms with Crippen LogP contribution in [-0.2, 0) is 14.8 Å². The molecule has 5 rings (SSSR count). The number of hydrogen-bond donors (Lipinski definition) is 1. The number of urea groups is 1. The largest absolute Gasteiger partial charge is 0.355 e. The van der Waals surface area contributed by atoms with E-state index in [9.17, 15) is 13.2 Å². The molecular formula is C23H24FN5O4S. The lowest BCUT2D eigenvalue weighted by Gasteiger charge is -2.44. The molecule has 2 atom stereocenters. The first-order chi connectivity index (χ1) is 16.4. The number of ether oxygens (including phenoxy) is 1. The van der Waals surface area contributed by atoms with E-state index in [2.05, 4.69) is 10.3 Å². The van der Waals surface area contributed by atoms with Gasteiger partial charge in [-0.25, -0.2) is 22.6 Å². The van der Waals surface area contributed by atoms with Gasteiger partial charge < -0.3 is 19.5 Å². The zero-order valence-electron chi connectivity index (χ0n) is 18.2. The number of halogens is 1. The number of nitrogens with zero attached hydrogens (tertiary/aromatic N) is 4. The molecule has 178 valence electrons. The van der Waals surface area contributed by atoms with Gasteiger partial charge in [0.25, 0.3) is 0 Å². The second kappa shape index (κ2) is 8.82. The Morgan fingerprint density at radius 3 is 2.62 bits per heavy atom. The molecule has 2 fully saturated rings. The molecule has 0 saturated carbocycles. The van der Waals surface area contributed by atoms with E-state index in [1.807, 2.05) is 12.1 Å². The molecule has 1 N–H and O–H groups in total. The second-order valence-corrected chi connectivity index (χ2v) is 10.0. The van der Waals surface area contributed by atoms with Crippen LogP contribution in [0, 0.1) is 0 Å². The molecule has 2 aliphatic heterocycles. The number of hydrogen-bond acceptors (Lipinski definition) is 5. The zero-order chi connectivity index (χ0) is 23.8. The molecule has 0 bridgehead atoms. The van der Waals surface area contributed by atoms with Crippen molar-refractivity contribution in [1.29, 1.82) is 0 Å². The third-order valence-corrected chi connectivity index (χ3v) is 8.17. The smallest absolute Gasteiger partial charge is 0.322 e. The first-order valence-electron chi connectivity index (χ1n) is 10.9. The molecule has 1 aromatic heterocycles. The molecule has 2 aromatic carbocycles. The van der Waals surface area contributed by atoms with Crippen LogP contribution in [0.3, 0.4) is 0 Å². The number of carbonyl (C=O) groups excluding carboxylic acids is 1. The van der Waals surface area contributed by atoms with Crippen LogP contribution in [-0.4, -0.2) is 71.3 Å². The summed E-state index contributed by atoms with van der Waals surface area (Å²) in [5.41, 5.74) is -0.357. The van der Waals surface area contributed by atoms with Crippen LogP contribution in [0.4, 0.5) is 14.9 Å². The minimum absolute atomic E-state index is 0.0246. The normalized spacial score (nSPS) is 23.3. The summed E-state index contributed by atoms with van der Waals surface area (Å²) < 4.78 is 50.7. The molecule has 3 aromatic rings.